The van der Waals surface area contributed by atoms with E-state index in [0.717, 1.165) is 5.56 Å². The van der Waals surface area contributed by atoms with Crippen molar-refractivity contribution >= 4 is 11.8 Å². The van der Waals surface area contributed by atoms with E-state index in [1.165, 1.54) is 0 Å². The van der Waals surface area contributed by atoms with Crippen LogP contribution in [0.2, 0.25) is 0 Å². The molecule has 0 radical (unpaired) electrons. The van der Waals surface area contributed by atoms with Crippen molar-refractivity contribution in [3.05, 3.63) is 34.9 Å². The van der Waals surface area contributed by atoms with Gasteiger partial charge in [0.1, 0.15) is 5.54 Å². The first kappa shape index (κ1) is 15.7. The Labute approximate surface area is 118 Å². The summed E-state index contributed by atoms with van der Waals surface area (Å²) in [7, 11) is 0. The minimum atomic E-state index is -1.12. The molecule has 1 rings (SSSR count). The second-order valence-electron chi connectivity index (χ2n) is 5.00. The second kappa shape index (κ2) is 6.22. The van der Waals surface area contributed by atoms with Gasteiger partial charge in [0.25, 0.3) is 5.91 Å². The monoisotopic (exact) mass is 273 g/mol. The Hall–Kier alpha value is -2.32. The van der Waals surface area contributed by atoms with E-state index >= 15 is 0 Å². The highest BCUT2D eigenvalue weighted by Crippen LogP contribution is 2.12. The highest BCUT2D eigenvalue weighted by molar-refractivity contribution is 6.00. The average Bonchev–Trinajstić information content (AvgIpc) is 2.35. The molecule has 0 bridgehead atoms. The number of rotatable bonds is 3. The smallest absolute Gasteiger partial charge is 0.253 e. The first-order chi connectivity index (χ1) is 9.27. The Morgan fingerprint density at radius 2 is 2.00 bits per heavy atom. The van der Waals surface area contributed by atoms with Gasteiger partial charge in [0, 0.05) is 5.56 Å². The van der Waals surface area contributed by atoms with Crippen molar-refractivity contribution in [1.29, 1.82) is 0 Å². The number of nitrogens with one attached hydrogen (secondary N) is 1. The van der Waals surface area contributed by atoms with Gasteiger partial charge < -0.3 is 16.8 Å². The molecule has 0 unspecified atom stereocenters. The summed E-state index contributed by atoms with van der Waals surface area (Å²) in [6.07, 6.45) is 0. The van der Waals surface area contributed by atoms with E-state index in [-0.39, 0.29) is 6.54 Å². The summed E-state index contributed by atoms with van der Waals surface area (Å²) in [5.74, 6) is 4.58. The van der Waals surface area contributed by atoms with E-state index in [1.54, 1.807) is 32.0 Å². The van der Waals surface area contributed by atoms with Crippen molar-refractivity contribution in [1.82, 2.24) is 5.32 Å². The molecule has 0 aromatic heterocycles. The van der Waals surface area contributed by atoms with Crippen LogP contribution in [0.1, 0.15) is 35.3 Å². The van der Waals surface area contributed by atoms with Crippen LogP contribution in [0.3, 0.4) is 0 Å². The molecule has 0 atom stereocenters. The van der Waals surface area contributed by atoms with Gasteiger partial charge in [0.15, 0.2) is 0 Å². The van der Waals surface area contributed by atoms with Crippen molar-refractivity contribution in [3.8, 4) is 11.8 Å². The van der Waals surface area contributed by atoms with Gasteiger partial charge in [-0.25, -0.2) is 0 Å². The zero-order chi connectivity index (χ0) is 15.3. The molecule has 5 N–H and O–H groups in total. The highest BCUT2D eigenvalue weighted by atomic mass is 16.2. The molecular weight excluding hydrogens is 254 g/mol. The number of benzene rings is 1. The predicted molar refractivity (Wildman–Crippen MR) is 77.9 cm³/mol. The number of hydrogen-bond acceptors (Lipinski definition) is 3. The molecule has 5 nitrogen and oxygen atoms in total. The number of aryl methyl sites for hydroxylation is 1. The summed E-state index contributed by atoms with van der Waals surface area (Å²) in [6.45, 7) is 5.21. The van der Waals surface area contributed by atoms with Crippen molar-refractivity contribution in [2.75, 3.05) is 6.54 Å². The second-order valence-corrected chi connectivity index (χ2v) is 5.00. The van der Waals surface area contributed by atoms with Crippen LogP contribution in [-0.2, 0) is 4.79 Å². The Kier molecular flexibility index (Phi) is 4.89. The minimum Gasteiger partial charge on any atom is -0.368 e. The number of amides is 2. The van der Waals surface area contributed by atoms with Gasteiger partial charge in [-0.1, -0.05) is 17.9 Å². The van der Waals surface area contributed by atoms with Crippen LogP contribution in [-0.4, -0.2) is 23.9 Å². The number of nitrogens with two attached hydrogens (primary N) is 2. The van der Waals surface area contributed by atoms with Crippen molar-refractivity contribution in [2.45, 2.75) is 26.3 Å². The largest absolute Gasteiger partial charge is 0.368 e. The maximum Gasteiger partial charge on any atom is 0.253 e. The summed E-state index contributed by atoms with van der Waals surface area (Å²) in [6, 6.07) is 5.27. The molecule has 5 heteroatoms. The third-order valence-corrected chi connectivity index (χ3v) is 2.79. The molecule has 20 heavy (non-hydrogen) atoms. The topological polar surface area (TPSA) is 98.2 Å². The molecule has 106 valence electrons. The minimum absolute atomic E-state index is 0.210. The molecule has 0 heterocycles. The van der Waals surface area contributed by atoms with Gasteiger partial charge in [-0.05, 0) is 38.5 Å². The predicted octanol–water partition coefficient (Wildman–Crippen LogP) is 0.299. The maximum atomic E-state index is 12.2. The first-order valence-corrected chi connectivity index (χ1v) is 6.20. The number of carbonyl (C=O) groups excluding carboxylic acids is 2. The number of hydrogen-bond donors (Lipinski definition) is 3. The molecule has 0 saturated carbocycles. The normalized spacial score (nSPS) is 10.4. The van der Waals surface area contributed by atoms with Crippen molar-refractivity contribution in [3.63, 3.8) is 0 Å². The molecule has 0 saturated heterocycles. The van der Waals surface area contributed by atoms with Crippen LogP contribution in [0.25, 0.3) is 0 Å². The molecule has 2 amide bonds. The van der Waals surface area contributed by atoms with Crippen LogP contribution in [0.4, 0.5) is 0 Å². The Balaban J connectivity index is 3.13. The van der Waals surface area contributed by atoms with Gasteiger partial charge in [-0.2, -0.15) is 0 Å². The SMILES string of the molecule is Cc1ccc(C(=O)NC(C)(C)C(N)=O)c(C#CCN)c1. The Morgan fingerprint density at radius 1 is 1.35 bits per heavy atom. The number of carbonyl (C=O) groups is 2. The summed E-state index contributed by atoms with van der Waals surface area (Å²) in [4.78, 5) is 23.5. The third-order valence-electron chi connectivity index (χ3n) is 2.79. The molecule has 0 spiro atoms. The molecule has 0 aliphatic rings. The van der Waals surface area contributed by atoms with Crippen LogP contribution in [0.15, 0.2) is 18.2 Å². The number of primary amides is 1. The lowest BCUT2D eigenvalue weighted by Gasteiger charge is -2.22. The maximum absolute atomic E-state index is 12.2. The summed E-state index contributed by atoms with van der Waals surface area (Å²) in [5.41, 5.74) is 11.4. The molecule has 1 aromatic carbocycles. The zero-order valence-corrected chi connectivity index (χ0v) is 11.9. The molecule has 0 aliphatic carbocycles. The lowest BCUT2D eigenvalue weighted by molar-refractivity contribution is -0.122. The third kappa shape index (κ3) is 3.84. The molecule has 1 aromatic rings. The van der Waals surface area contributed by atoms with Crippen LogP contribution in [0, 0.1) is 18.8 Å². The molecular formula is C15H19N3O2. The van der Waals surface area contributed by atoms with E-state index in [1.807, 2.05) is 6.92 Å². The zero-order valence-electron chi connectivity index (χ0n) is 11.9. The standard InChI is InChI=1S/C15H19N3O2/c1-10-6-7-12(11(9-10)5-4-8-16)13(19)18-15(2,3)14(17)20/h6-7,9H,8,16H2,1-3H3,(H2,17,20)(H,18,19). The van der Waals surface area contributed by atoms with Crippen molar-refractivity contribution in [2.24, 2.45) is 11.5 Å². The van der Waals surface area contributed by atoms with E-state index < -0.39 is 17.4 Å². The Bertz CT molecular complexity index is 595. The fraction of sp³-hybridized carbons (Fsp3) is 0.333. The summed E-state index contributed by atoms with van der Waals surface area (Å²) in [5, 5.41) is 2.60. The van der Waals surface area contributed by atoms with E-state index in [4.69, 9.17) is 11.5 Å². The van der Waals surface area contributed by atoms with Crippen LogP contribution in [0.5, 0.6) is 0 Å². The molecule has 0 aliphatic heterocycles. The van der Waals surface area contributed by atoms with Crippen LogP contribution >= 0.6 is 0 Å². The fourth-order valence-corrected chi connectivity index (χ4v) is 1.52. The first-order valence-electron chi connectivity index (χ1n) is 6.20. The van der Waals surface area contributed by atoms with Crippen LogP contribution < -0.4 is 16.8 Å². The highest BCUT2D eigenvalue weighted by Gasteiger charge is 2.27. The van der Waals surface area contributed by atoms with Gasteiger partial charge in [0.2, 0.25) is 5.91 Å². The summed E-state index contributed by atoms with van der Waals surface area (Å²) < 4.78 is 0. The van der Waals surface area contributed by atoms with E-state index in [9.17, 15) is 9.59 Å². The van der Waals surface area contributed by atoms with E-state index in [0.29, 0.717) is 11.1 Å². The quantitative estimate of drug-likeness (QED) is 0.691. The van der Waals surface area contributed by atoms with Gasteiger partial charge in [-0.15, -0.1) is 0 Å². The average molecular weight is 273 g/mol. The molecule has 0 fully saturated rings. The van der Waals surface area contributed by atoms with Gasteiger partial charge >= 0.3 is 0 Å². The lowest BCUT2D eigenvalue weighted by Crippen LogP contribution is -2.53. The van der Waals surface area contributed by atoms with E-state index in [2.05, 4.69) is 17.2 Å². The van der Waals surface area contributed by atoms with Gasteiger partial charge in [-0.3, -0.25) is 9.59 Å². The fourth-order valence-electron chi connectivity index (χ4n) is 1.52. The summed E-state index contributed by atoms with van der Waals surface area (Å²) >= 11 is 0. The lowest BCUT2D eigenvalue weighted by atomic mass is 10.0. The Morgan fingerprint density at radius 3 is 2.55 bits per heavy atom. The van der Waals surface area contributed by atoms with Gasteiger partial charge in [0.05, 0.1) is 12.1 Å². The van der Waals surface area contributed by atoms with Crippen molar-refractivity contribution < 1.29 is 9.59 Å².